The van der Waals surface area contributed by atoms with Gasteiger partial charge in [0, 0.05) is 50.6 Å². The summed E-state index contributed by atoms with van der Waals surface area (Å²) in [6, 6.07) is 8.41. The van der Waals surface area contributed by atoms with Crippen molar-refractivity contribution in [3.63, 3.8) is 0 Å². The second-order valence-electron chi connectivity index (χ2n) is 4.98. The number of fused-ring (bicyclic) bond motifs is 3. The Morgan fingerprint density at radius 3 is 2.95 bits per heavy atom. The maximum Gasteiger partial charge on any atom is 0.220 e. The molecule has 2 heterocycles. The zero-order chi connectivity index (χ0) is 14.1. The van der Waals surface area contributed by atoms with Crippen LogP contribution in [0.25, 0.3) is 21.8 Å². The number of amides is 1. The molecule has 4 heteroatoms. The van der Waals surface area contributed by atoms with Crippen molar-refractivity contribution in [2.24, 2.45) is 7.05 Å². The lowest BCUT2D eigenvalue weighted by molar-refractivity contribution is -0.120. The Kier molecular flexibility index (Phi) is 3.14. The van der Waals surface area contributed by atoms with E-state index in [0.717, 1.165) is 6.42 Å². The Bertz CT molecular complexity index is 795. The maximum atomic E-state index is 11.3. The Morgan fingerprint density at radius 2 is 2.15 bits per heavy atom. The van der Waals surface area contributed by atoms with Gasteiger partial charge in [0.15, 0.2) is 0 Å². The van der Waals surface area contributed by atoms with Gasteiger partial charge in [-0.2, -0.15) is 0 Å². The first kappa shape index (κ1) is 12.7. The fourth-order valence-electron chi connectivity index (χ4n) is 2.64. The number of rotatable bonds is 3. The molecule has 3 aromatic rings. The lowest BCUT2D eigenvalue weighted by atomic mass is 10.1. The zero-order valence-corrected chi connectivity index (χ0v) is 11.7. The first-order chi connectivity index (χ1) is 9.70. The molecule has 0 atom stereocenters. The van der Waals surface area contributed by atoms with Gasteiger partial charge in [-0.25, -0.2) is 0 Å². The summed E-state index contributed by atoms with van der Waals surface area (Å²) >= 11 is 0. The van der Waals surface area contributed by atoms with Crippen LogP contribution in [-0.4, -0.2) is 22.5 Å². The number of aryl methyl sites for hydroxylation is 2. The van der Waals surface area contributed by atoms with Crippen molar-refractivity contribution >= 4 is 27.7 Å². The number of aromatic nitrogens is 2. The van der Waals surface area contributed by atoms with E-state index in [1.54, 1.807) is 7.05 Å². The molecule has 20 heavy (non-hydrogen) atoms. The SMILES string of the molecule is CNC(=O)CCc1ccc2c3cnccc3n(C)c2c1.[HH]. The number of nitrogens with zero attached hydrogens (tertiary/aromatic N) is 2. The Hall–Kier alpha value is -2.36. The molecule has 0 bridgehead atoms. The molecule has 0 fully saturated rings. The second-order valence-corrected chi connectivity index (χ2v) is 4.98. The highest BCUT2D eigenvalue weighted by Crippen LogP contribution is 2.28. The van der Waals surface area contributed by atoms with Crippen LogP contribution in [0.3, 0.4) is 0 Å². The topological polar surface area (TPSA) is 46.9 Å². The molecular weight excluding hydrogens is 250 g/mol. The minimum Gasteiger partial charge on any atom is -0.359 e. The number of nitrogens with one attached hydrogen (secondary N) is 1. The molecule has 2 aromatic heterocycles. The van der Waals surface area contributed by atoms with E-state index in [0.29, 0.717) is 6.42 Å². The standard InChI is InChI=1S/C16H17N3O.H2/c1-17-16(20)6-4-11-3-5-12-13-10-18-8-7-14(13)19(2)15(12)9-11;/h3,5,7-10H,4,6H2,1-2H3,(H,17,20);1H. The van der Waals surface area contributed by atoms with Crippen LogP contribution < -0.4 is 5.32 Å². The Balaban J connectivity index is 0.00000161. The summed E-state index contributed by atoms with van der Waals surface area (Å²) in [5.74, 6) is 0.0753. The lowest BCUT2D eigenvalue weighted by Gasteiger charge is -2.03. The molecule has 0 unspecified atom stereocenters. The van der Waals surface area contributed by atoms with Gasteiger partial charge >= 0.3 is 0 Å². The van der Waals surface area contributed by atoms with E-state index in [9.17, 15) is 4.79 Å². The van der Waals surface area contributed by atoms with E-state index >= 15 is 0 Å². The molecule has 0 aliphatic rings. The number of carbonyl (C=O) groups is 1. The summed E-state index contributed by atoms with van der Waals surface area (Å²) in [4.78, 5) is 15.5. The van der Waals surface area contributed by atoms with Crippen molar-refractivity contribution in [3.8, 4) is 0 Å². The van der Waals surface area contributed by atoms with Crippen molar-refractivity contribution in [1.82, 2.24) is 14.9 Å². The molecule has 1 N–H and O–H groups in total. The first-order valence-electron chi connectivity index (χ1n) is 6.72. The molecule has 0 aliphatic heterocycles. The molecule has 1 aromatic carbocycles. The number of pyridine rings is 1. The molecule has 0 saturated heterocycles. The van der Waals surface area contributed by atoms with E-state index < -0.39 is 0 Å². The van der Waals surface area contributed by atoms with Crippen LogP contribution in [0, 0.1) is 0 Å². The number of carbonyl (C=O) groups excluding carboxylic acids is 1. The van der Waals surface area contributed by atoms with E-state index in [4.69, 9.17) is 0 Å². The fourth-order valence-corrected chi connectivity index (χ4v) is 2.64. The molecule has 4 nitrogen and oxygen atoms in total. The van der Waals surface area contributed by atoms with Gasteiger partial charge in [0.1, 0.15) is 0 Å². The number of benzene rings is 1. The number of hydrogen-bond acceptors (Lipinski definition) is 2. The largest absolute Gasteiger partial charge is 0.359 e. The van der Waals surface area contributed by atoms with Gasteiger partial charge in [0.05, 0.1) is 5.52 Å². The molecule has 104 valence electrons. The van der Waals surface area contributed by atoms with Gasteiger partial charge in [-0.1, -0.05) is 12.1 Å². The quantitative estimate of drug-likeness (QED) is 0.794. The molecule has 3 rings (SSSR count). The van der Waals surface area contributed by atoms with Crippen molar-refractivity contribution in [1.29, 1.82) is 0 Å². The summed E-state index contributed by atoms with van der Waals surface area (Å²) in [5.41, 5.74) is 3.54. The van der Waals surface area contributed by atoms with Crippen LogP contribution in [0.4, 0.5) is 0 Å². The highest BCUT2D eigenvalue weighted by molar-refractivity contribution is 6.07. The van der Waals surface area contributed by atoms with Gasteiger partial charge in [-0.15, -0.1) is 0 Å². The predicted octanol–water partition coefficient (Wildman–Crippen LogP) is 2.65. The monoisotopic (exact) mass is 269 g/mol. The van der Waals surface area contributed by atoms with E-state index in [1.807, 2.05) is 18.5 Å². The molecular formula is C16H19N3O. The van der Waals surface area contributed by atoms with E-state index in [-0.39, 0.29) is 7.33 Å². The molecule has 0 aliphatic carbocycles. The second kappa shape index (κ2) is 4.96. The molecule has 0 radical (unpaired) electrons. The summed E-state index contributed by atoms with van der Waals surface area (Å²) in [7, 11) is 3.73. The van der Waals surface area contributed by atoms with Crippen molar-refractivity contribution in [3.05, 3.63) is 42.2 Å². The highest BCUT2D eigenvalue weighted by Gasteiger charge is 2.09. The third-order valence-electron chi connectivity index (χ3n) is 3.79. The van der Waals surface area contributed by atoms with Gasteiger partial charge < -0.3 is 9.88 Å². The normalized spacial score (nSPS) is 11.1. The minimum absolute atomic E-state index is 0. The van der Waals surface area contributed by atoms with Crippen LogP contribution in [0.1, 0.15) is 13.4 Å². The van der Waals surface area contributed by atoms with Crippen LogP contribution in [0.2, 0.25) is 0 Å². The number of hydrogen-bond donors (Lipinski definition) is 1. The van der Waals surface area contributed by atoms with E-state index in [2.05, 4.69) is 40.1 Å². The summed E-state index contributed by atoms with van der Waals surface area (Å²) in [6.45, 7) is 0. The van der Waals surface area contributed by atoms with Crippen molar-refractivity contribution in [2.45, 2.75) is 12.8 Å². The molecule has 1 amide bonds. The molecule has 0 saturated carbocycles. The minimum atomic E-state index is 0. The van der Waals surface area contributed by atoms with Gasteiger partial charge in [-0.05, 0) is 24.1 Å². The lowest BCUT2D eigenvalue weighted by Crippen LogP contribution is -2.17. The van der Waals surface area contributed by atoms with Crippen LogP contribution in [-0.2, 0) is 18.3 Å². The van der Waals surface area contributed by atoms with E-state index in [1.165, 1.54) is 27.4 Å². The van der Waals surface area contributed by atoms with Crippen LogP contribution in [0.15, 0.2) is 36.7 Å². The van der Waals surface area contributed by atoms with Crippen LogP contribution in [0.5, 0.6) is 0 Å². The van der Waals surface area contributed by atoms with Gasteiger partial charge in [0.2, 0.25) is 5.91 Å². The Labute approximate surface area is 118 Å². The highest BCUT2D eigenvalue weighted by atomic mass is 16.1. The fraction of sp³-hybridized carbons (Fsp3) is 0.250. The molecule has 0 spiro atoms. The predicted molar refractivity (Wildman–Crippen MR) is 82.7 cm³/mol. The van der Waals surface area contributed by atoms with Gasteiger partial charge in [-0.3, -0.25) is 9.78 Å². The smallest absolute Gasteiger partial charge is 0.220 e. The summed E-state index contributed by atoms with van der Waals surface area (Å²) < 4.78 is 2.18. The van der Waals surface area contributed by atoms with Crippen molar-refractivity contribution in [2.75, 3.05) is 7.05 Å². The summed E-state index contributed by atoms with van der Waals surface area (Å²) in [6.07, 6.45) is 5.00. The first-order valence-corrected chi connectivity index (χ1v) is 6.72. The van der Waals surface area contributed by atoms with Crippen molar-refractivity contribution < 1.29 is 6.22 Å². The zero-order valence-electron chi connectivity index (χ0n) is 11.7. The average Bonchev–Trinajstić information content (AvgIpc) is 2.78. The van der Waals surface area contributed by atoms with Gasteiger partial charge in [0.25, 0.3) is 0 Å². The maximum absolute atomic E-state index is 11.3. The summed E-state index contributed by atoms with van der Waals surface area (Å²) in [5, 5.41) is 5.03. The Morgan fingerprint density at radius 1 is 1.30 bits per heavy atom. The third kappa shape index (κ3) is 2.03. The van der Waals surface area contributed by atoms with Crippen LogP contribution >= 0.6 is 0 Å². The average molecular weight is 269 g/mol. The third-order valence-corrected chi connectivity index (χ3v) is 3.79.